The molecule has 0 saturated carbocycles. The quantitative estimate of drug-likeness (QED) is 0.680. The molecule has 2 heterocycles. The maximum atomic E-state index is 5.67. The van der Waals surface area contributed by atoms with Crippen LogP contribution in [0.25, 0.3) is 0 Å². The lowest BCUT2D eigenvalue weighted by atomic mass is 10.2. The Morgan fingerprint density at radius 2 is 2.54 bits per heavy atom. The van der Waals surface area contributed by atoms with Crippen LogP contribution in [0.3, 0.4) is 0 Å². The van der Waals surface area contributed by atoms with Crippen LogP contribution in [0.1, 0.15) is 11.8 Å². The van der Waals surface area contributed by atoms with E-state index in [9.17, 15) is 0 Å². The molecule has 0 spiro atoms. The standard InChI is InChI=1S/C8H10ClN3O/c9-8-11-2-1-6(12-8)7-5-10-3-4-13-7/h1-2,7,10H,3-5H2. The molecule has 2 rings (SSSR count). The van der Waals surface area contributed by atoms with Gasteiger partial charge in [0.05, 0.1) is 12.3 Å². The van der Waals surface area contributed by atoms with E-state index in [2.05, 4.69) is 15.3 Å². The molecule has 1 fully saturated rings. The predicted molar refractivity (Wildman–Crippen MR) is 48.6 cm³/mol. The van der Waals surface area contributed by atoms with Gasteiger partial charge in [-0.25, -0.2) is 9.97 Å². The number of halogens is 1. The van der Waals surface area contributed by atoms with Crippen molar-refractivity contribution in [2.24, 2.45) is 0 Å². The molecular formula is C8H10ClN3O. The van der Waals surface area contributed by atoms with E-state index in [4.69, 9.17) is 16.3 Å². The highest BCUT2D eigenvalue weighted by atomic mass is 35.5. The number of nitrogens with zero attached hydrogens (tertiary/aromatic N) is 2. The van der Waals surface area contributed by atoms with Gasteiger partial charge < -0.3 is 10.1 Å². The Hall–Kier alpha value is -0.710. The van der Waals surface area contributed by atoms with Gasteiger partial charge in [0.2, 0.25) is 5.28 Å². The number of aromatic nitrogens is 2. The Morgan fingerprint density at radius 3 is 3.23 bits per heavy atom. The lowest BCUT2D eigenvalue weighted by Gasteiger charge is -2.22. The number of nitrogens with one attached hydrogen (secondary N) is 1. The summed E-state index contributed by atoms with van der Waals surface area (Å²) in [6.07, 6.45) is 1.65. The highest BCUT2D eigenvalue weighted by molar-refractivity contribution is 6.28. The number of ether oxygens (including phenoxy) is 1. The number of hydrogen-bond donors (Lipinski definition) is 1. The molecule has 0 aliphatic carbocycles. The maximum absolute atomic E-state index is 5.67. The molecule has 1 atom stereocenters. The molecule has 4 nitrogen and oxygen atoms in total. The second kappa shape index (κ2) is 4.00. The molecule has 1 aliphatic heterocycles. The summed E-state index contributed by atoms with van der Waals surface area (Å²) in [5.41, 5.74) is 0.840. The van der Waals surface area contributed by atoms with Crippen LogP contribution in [0, 0.1) is 0 Å². The molecule has 1 unspecified atom stereocenters. The molecule has 0 bridgehead atoms. The van der Waals surface area contributed by atoms with Gasteiger partial charge in [0.15, 0.2) is 0 Å². The molecule has 1 N–H and O–H groups in total. The molecule has 70 valence electrons. The second-order valence-electron chi connectivity index (χ2n) is 2.81. The molecule has 0 radical (unpaired) electrons. The first kappa shape index (κ1) is 8.87. The van der Waals surface area contributed by atoms with Gasteiger partial charge in [0, 0.05) is 19.3 Å². The van der Waals surface area contributed by atoms with Crippen molar-refractivity contribution < 1.29 is 4.74 Å². The third-order valence-corrected chi connectivity index (χ3v) is 2.09. The van der Waals surface area contributed by atoms with Gasteiger partial charge in [-0.2, -0.15) is 0 Å². The highest BCUT2D eigenvalue weighted by Crippen LogP contribution is 2.16. The SMILES string of the molecule is Clc1nccc(C2CNCCO2)n1. The Kier molecular flexibility index (Phi) is 2.73. The molecule has 1 aromatic heterocycles. The van der Waals surface area contributed by atoms with E-state index >= 15 is 0 Å². The first-order chi connectivity index (χ1) is 6.36. The summed E-state index contributed by atoms with van der Waals surface area (Å²) in [6.45, 7) is 2.40. The average Bonchev–Trinajstić information content (AvgIpc) is 2.19. The van der Waals surface area contributed by atoms with Crippen LogP contribution < -0.4 is 5.32 Å². The van der Waals surface area contributed by atoms with Gasteiger partial charge >= 0.3 is 0 Å². The second-order valence-corrected chi connectivity index (χ2v) is 3.15. The van der Waals surface area contributed by atoms with Crippen LogP contribution in [0.2, 0.25) is 5.28 Å². The van der Waals surface area contributed by atoms with Crippen LogP contribution >= 0.6 is 11.6 Å². The van der Waals surface area contributed by atoms with Crippen molar-refractivity contribution in [2.45, 2.75) is 6.10 Å². The molecule has 13 heavy (non-hydrogen) atoms. The summed E-state index contributed by atoms with van der Waals surface area (Å²) in [7, 11) is 0. The lowest BCUT2D eigenvalue weighted by Crippen LogP contribution is -2.33. The van der Waals surface area contributed by atoms with E-state index in [1.165, 1.54) is 0 Å². The van der Waals surface area contributed by atoms with Gasteiger partial charge in [0.1, 0.15) is 6.10 Å². The summed E-state index contributed by atoms with van der Waals surface area (Å²) in [5, 5.41) is 3.49. The van der Waals surface area contributed by atoms with E-state index < -0.39 is 0 Å². The van der Waals surface area contributed by atoms with E-state index in [1.54, 1.807) is 6.20 Å². The Morgan fingerprint density at radius 1 is 1.62 bits per heavy atom. The largest absolute Gasteiger partial charge is 0.369 e. The molecule has 1 aromatic rings. The molecule has 1 aliphatic rings. The van der Waals surface area contributed by atoms with Crippen molar-refractivity contribution in [1.29, 1.82) is 0 Å². The van der Waals surface area contributed by atoms with Crippen LogP contribution in [0.4, 0.5) is 0 Å². The smallest absolute Gasteiger partial charge is 0.222 e. The molecule has 0 amide bonds. The van der Waals surface area contributed by atoms with Crippen LogP contribution in [-0.4, -0.2) is 29.7 Å². The summed E-state index contributed by atoms with van der Waals surface area (Å²) >= 11 is 5.67. The van der Waals surface area contributed by atoms with E-state index in [-0.39, 0.29) is 11.4 Å². The normalized spacial score (nSPS) is 23.0. The summed E-state index contributed by atoms with van der Waals surface area (Å²) in [5.74, 6) is 0. The van der Waals surface area contributed by atoms with Gasteiger partial charge in [-0.15, -0.1) is 0 Å². The monoisotopic (exact) mass is 199 g/mol. The van der Waals surface area contributed by atoms with Crippen molar-refractivity contribution in [2.75, 3.05) is 19.7 Å². The van der Waals surface area contributed by atoms with Crippen molar-refractivity contribution in [3.63, 3.8) is 0 Å². The lowest BCUT2D eigenvalue weighted by molar-refractivity contribution is 0.0249. The Balaban J connectivity index is 2.14. The summed E-state index contributed by atoms with van der Waals surface area (Å²) in [6, 6.07) is 1.82. The molecular weight excluding hydrogens is 190 g/mol. The van der Waals surface area contributed by atoms with Gasteiger partial charge in [-0.1, -0.05) is 0 Å². The third-order valence-electron chi connectivity index (χ3n) is 1.91. The van der Waals surface area contributed by atoms with Gasteiger partial charge in [0.25, 0.3) is 0 Å². The maximum Gasteiger partial charge on any atom is 0.222 e. The topological polar surface area (TPSA) is 47.0 Å². The first-order valence-corrected chi connectivity index (χ1v) is 4.55. The molecule has 1 saturated heterocycles. The van der Waals surface area contributed by atoms with Crippen LogP contribution in [0.5, 0.6) is 0 Å². The number of rotatable bonds is 1. The van der Waals surface area contributed by atoms with Crippen molar-refractivity contribution >= 4 is 11.6 Å². The molecule has 0 aromatic carbocycles. The fourth-order valence-electron chi connectivity index (χ4n) is 1.28. The van der Waals surface area contributed by atoms with E-state index in [0.717, 1.165) is 18.8 Å². The van der Waals surface area contributed by atoms with Gasteiger partial charge in [-0.3, -0.25) is 0 Å². The zero-order valence-corrected chi connectivity index (χ0v) is 7.79. The Labute approximate surface area is 81.3 Å². The first-order valence-electron chi connectivity index (χ1n) is 4.17. The number of hydrogen-bond acceptors (Lipinski definition) is 4. The van der Waals surface area contributed by atoms with E-state index in [1.807, 2.05) is 6.07 Å². The van der Waals surface area contributed by atoms with Crippen molar-refractivity contribution in [3.05, 3.63) is 23.2 Å². The average molecular weight is 200 g/mol. The molecule has 5 heteroatoms. The minimum absolute atomic E-state index is 0.00856. The number of morpholine rings is 1. The highest BCUT2D eigenvalue weighted by Gasteiger charge is 2.16. The van der Waals surface area contributed by atoms with Crippen molar-refractivity contribution in [1.82, 2.24) is 15.3 Å². The fraction of sp³-hybridized carbons (Fsp3) is 0.500. The van der Waals surface area contributed by atoms with Crippen LogP contribution in [-0.2, 0) is 4.74 Å². The fourth-order valence-corrected chi connectivity index (χ4v) is 1.44. The minimum atomic E-state index is 0.00856. The summed E-state index contributed by atoms with van der Waals surface area (Å²) < 4.78 is 5.51. The summed E-state index contributed by atoms with van der Waals surface area (Å²) in [4.78, 5) is 7.90. The predicted octanol–water partition coefficient (Wildman–Crippen LogP) is 0.791. The third kappa shape index (κ3) is 2.15. The zero-order chi connectivity index (χ0) is 9.10. The van der Waals surface area contributed by atoms with Crippen LogP contribution in [0.15, 0.2) is 12.3 Å². The Bertz CT molecular complexity index is 288. The van der Waals surface area contributed by atoms with Gasteiger partial charge in [-0.05, 0) is 17.7 Å². The zero-order valence-electron chi connectivity index (χ0n) is 7.03. The van der Waals surface area contributed by atoms with Crippen molar-refractivity contribution in [3.8, 4) is 0 Å². The van der Waals surface area contributed by atoms with E-state index in [0.29, 0.717) is 6.61 Å². The minimum Gasteiger partial charge on any atom is -0.369 e.